The van der Waals surface area contributed by atoms with Gasteiger partial charge in [-0.05, 0) is 42.3 Å². The van der Waals surface area contributed by atoms with Gasteiger partial charge in [-0.1, -0.05) is 6.07 Å². The Balaban J connectivity index is 1.72. The number of aryl methyl sites for hydroxylation is 1. The highest BCUT2D eigenvalue weighted by molar-refractivity contribution is 5.91. The van der Waals surface area contributed by atoms with Crippen molar-refractivity contribution >= 4 is 5.97 Å². The number of aromatic hydroxyl groups is 6. The number of esters is 1. The van der Waals surface area contributed by atoms with E-state index in [0.29, 0.717) is 16.7 Å². The van der Waals surface area contributed by atoms with Crippen molar-refractivity contribution in [2.24, 2.45) is 0 Å². The van der Waals surface area contributed by atoms with E-state index in [1.54, 1.807) is 19.1 Å². The Morgan fingerprint density at radius 2 is 1.59 bits per heavy atom. The number of phenolic OH excluding ortho intramolecular Hbond substituents is 6. The number of phenols is 6. The van der Waals surface area contributed by atoms with Crippen LogP contribution in [0.25, 0.3) is 0 Å². The van der Waals surface area contributed by atoms with Crippen molar-refractivity contribution < 1.29 is 44.9 Å². The predicted octanol–water partition coefficient (Wildman–Crippen LogP) is 3.13. The molecule has 0 radical (unpaired) electrons. The summed E-state index contributed by atoms with van der Waals surface area (Å²) >= 11 is 0. The highest BCUT2D eigenvalue weighted by Crippen LogP contribution is 2.43. The molecule has 0 saturated carbocycles. The van der Waals surface area contributed by atoms with Gasteiger partial charge in [-0.2, -0.15) is 0 Å². The number of carbonyl (C=O) groups is 1. The molecule has 0 aromatic heterocycles. The topological polar surface area (TPSA) is 157 Å². The summed E-state index contributed by atoms with van der Waals surface area (Å²) in [5.41, 5.74) is 1.25. The molecule has 3 aromatic rings. The Kier molecular flexibility index (Phi) is 5.09. The molecule has 0 bridgehead atoms. The Labute approximate surface area is 182 Å². The van der Waals surface area contributed by atoms with E-state index in [0.717, 1.165) is 18.2 Å². The molecular formula is C23H20O9. The molecule has 4 rings (SSSR count). The SMILES string of the molecule is Cc1cc([C@H]2Oc3cc(O)cc(O)c3CC2OC(=O)c2cc(O)c(O)c(O)c2)ccc1O. The molecule has 1 aliphatic heterocycles. The molecule has 9 nitrogen and oxygen atoms in total. The van der Waals surface area contributed by atoms with Crippen LogP contribution in [0.1, 0.15) is 33.2 Å². The first-order valence-corrected chi connectivity index (χ1v) is 9.61. The van der Waals surface area contributed by atoms with E-state index < -0.39 is 35.4 Å². The van der Waals surface area contributed by atoms with Gasteiger partial charge in [-0.15, -0.1) is 0 Å². The van der Waals surface area contributed by atoms with Gasteiger partial charge in [0.2, 0.25) is 0 Å². The lowest BCUT2D eigenvalue weighted by molar-refractivity contribution is -0.0188. The minimum absolute atomic E-state index is 0.0355. The molecule has 0 spiro atoms. The number of hydrogen-bond donors (Lipinski definition) is 6. The highest BCUT2D eigenvalue weighted by Gasteiger charge is 2.36. The molecule has 0 fully saturated rings. The van der Waals surface area contributed by atoms with Crippen LogP contribution in [0.3, 0.4) is 0 Å². The molecule has 1 aliphatic rings. The van der Waals surface area contributed by atoms with Crippen molar-refractivity contribution in [3.8, 4) is 40.2 Å². The van der Waals surface area contributed by atoms with E-state index in [2.05, 4.69) is 0 Å². The summed E-state index contributed by atoms with van der Waals surface area (Å²) in [4.78, 5) is 12.8. The fraction of sp³-hybridized carbons (Fsp3) is 0.174. The quantitative estimate of drug-likeness (QED) is 0.266. The third kappa shape index (κ3) is 3.76. The number of fused-ring (bicyclic) bond motifs is 1. The van der Waals surface area contributed by atoms with Crippen LogP contribution in [0.5, 0.6) is 40.2 Å². The molecule has 1 heterocycles. The summed E-state index contributed by atoms with van der Waals surface area (Å²) < 4.78 is 11.6. The lowest BCUT2D eigenvalue weighted by Crippen LogP contribution is -2.34. The van der Waals surface area contributed by atoms with Crippen LogP contribution in [-0.4, -0.2) is 42.7 Å². The van der Waals surface area contributed by atoms with Gasteiger partial charge in [0.1, 0.15) is 29.1 Å². The largest absolute Gasteiger partial charge is 0.508 e. The van der Waals surface area contributed by atoms with Gasteiger partial charge >= 0.3 is 5.97 Å². The maximum atomic E-state index is 12.8. The average molecular weight is 440 g/mol. The Morgan fingerprint density at radius 1 is 0.906 bits per heavy atom. The number of carbonyl (C=O) groups excluding carboxylic acids is 1. The Morgan fingerprint density at radius 3 is 2.25 bits per heavy atom. The van der Waals surface area contributed by atoms with Crippen LogP contribution < -0.4 is 4.74 Å². The predicted molar refractivity (Wildman–Crippen MR) is 110 cm³/mol. The standard InChI is InChI=1S/C23H20O9/c1-10-4-11(2-3-15(10)25)22-20(9-14-16(26)7-13(24)8-19(14)31-22)32-23(30)12-5-17(27)21(29)18(28)6-12/h2-8,20,22,24-29H,9H2,1H3/t20?,22-/m1/s1. The highest BCUT2D eigenvalue weighted by atomic mass is 16.6. The van der Waals surface area contributed by atoms with E-state index in [1.165, 1.54) is 12.1 Å². The first-order valence-electron chi connectivity index (χ1n) is 9.61. The molecule has 6 N–H and O–H groups in total. The Hall–Kier alpha value is -4.27. The molecule has 0 amide bonds. The van der Waals surface area contributed by atoms with Crippen molar-refractivity contribution in [3.63, 3.8) is 0 Å². The van der Waals surface area contributed by atoms with Crippen molar-refractivity contribution in [1.29, 1.82) is 0 Å². The van der Waals surface area contributed by atoms with Crippen LogP contribution >= 0.6 is 0 Å². The molecule has 9 heteroatoms. The number of rotatable bonds is 3. The van der Waals surface area contributed by atoms with E-state index >= 15 is 0 Å². The number of benzene rings is 3. The second-order valence-electron chi connectivity index (χ2n) is 7.54. The van der Waals surface area contributed by atoms with Gasteiger partial charge in [0.25, 0.3) is 0 Å². The zero-order valence-corrected chi connectivity index (χ0v) is 16.8. The maximum Gasteiger partial charge on any atom is 0.338 e. The van der Waals surface area contributed by atoms with E-state index in [1.807, 2.05) is 0 Å². The van der Waals surface area contributed by atoms with Crippen LogP contribution in [0, 0.1) is 6.92 Å². The van der Waals surface area contributed by atoms with Gasteiger partial charge in [0.05, 0.1) is 5.56 Å². The zero-order valence-electron chi connectivity index (χ0n) is 16.8. The van der Waals surface area contributed by atoms with E-state index in [4.69, 9.17) is 9.47 Å². The molecule has 32 heavy (non-hydrogen) atoms. The molecule has 3 aromatic carbocycles. The Bertz CT molecular complexity index is 1200. The fourth-order valence-corrected chi connectivity index (χ4v) is 3.62. The molecule has 0 aliphatic carbocycles. The summed E-state index contributed by atoms with van der Waals surface area (Å²) in [6.45, 7) is 1.69. The van der Waals surface area contributed by atoms with Gasteiger partial charge in [-0.3, -0.25) is 0 Å². The van der Waals surface area contributed by atoms with Crippen molar-refractivity contribution in [3.05, 3.63) is 64.7 Å². The summed E-state index contributed by atoms with van der Waals surface area (Å²) in [7, 11) is 0. The second kappa shape index (κ2) is 7.77. The average Bonchev–Trinajstić information content (AvgIpc) is 2.73. The van der Waals surface area contributed by atoms with Crippen LogP contribution in [0.2, 0.25) is 0 Å². The van der Waals surface area contributed by atoms with Gasteiger partial charge in [0.15, 0.2) is 23.4 Å². The zero-order chi connectivity index (χ0) is 23.2. The van der Waals surface area contributed by atoms with Gasteiger partial charge < -0.3 is 40.1 Å². The fourth-order valence-electron chi connectivity index (χ4n) is 3.62. The lowest BCUT2D eigenvalue weighted by atomic mass is 9.93. The van der Waals surface area contributed by atoms with E-state index in [9.17, 15) is 35.4 Å². The lowest BCUT2D eigenvalue weighted by Gasteiger charge is -2.34. The van der Waals surface area contributed by atoms with Crippen LogP contribution in [0.4, 0.5) is 0 Å². The molecule has 0 saturated heterocycles. The van der Waals surface area contributed by atoms with E-state index in [-0.39, 0.29) is 35.0 Å². The smallest absolute Gasteiger partial charge is 0.338 e. The number of hydrogen-bond acceptors (Lipinski definition) is 9. The molecular weight excluding hydrogens is 420 g/mol. The maximum absolute atomic E-state index is 12.8. The van der Waals surface area contributed by atoms with Gasteiger partial charge in [0, 0.05) is 24.1 Å². The molecule has 1 unspecified atom stereocenters. The van der Waals surface area contributed by atoms with Crippen LogP contribution in [0.15, 0.2) is 42.5 Å². The van der Waals surface area contributed by atoms with Gasteiger partial charge in [-0.25, -0.2) is 4.79 Å². The second-order valence-corrected chi connectivity index (χ2v) is 7.54. The minimum atomic E-state index is -0.951. The first kappa shape index (κ1) is 21.0. The summed E-state index contributed by atoms with van der Waals surface area (Å²) in [6.07, 6.45) is -1.77. The number of ether oxygens (including phenoxy) is 2. The third-order valence-corrected chi connectivity index (χ3v) is 5.28. The van der Waals surface area contributed by atoms with Crippen molar-refractivity contribution in [2.75, 3.05) is 0 Å². The minimum Gasteiger partial charge on any atom is -0.508 e. The van der Waals surface area contributed by atoms with Crippen LogP contribution in [-0.2, 0) is 11.2 Å². The van der Waals surface area contributed by atoms with Crippen molar-refractivity contribution in [1.82, 2.24) is 0 Å². The van der Waals surface area contributed by atoms with Crippen molar-refractivity contribution in [2.45, 2.75) is 25.6 Å². The monoisotopic (exact) mass is 440 g/mol. The first-order chi connectivity index (χ1) is 15.1. The third-order valence-electron chi connectivity index (χ3n) is 5.28. The summed E-state index contributed by atoms with van der Waals surface area (Å²) in [5, 5.41) is 58.8. The normalized spacial score (nSPS) is 17.3. The summed E-state index contributed by atoms with van der Waals surface area (Å²) in [5.74, 6) is -3.21. The molecule has 2 atom stereocenters. The molecule has 166 valence electrons. The summed E-state index contributed by atoms with van der Waals surface area (Å²) in [6, 6.07) is 9.10.